The van der Waals surface area contributed by atoms with Crippen LogP contribution in [0.15, 0.2) is 47.5 Å². The molecule has 0 aromatic heterocycles. The van der Waals surface area contributed by atoms with Crippen molar-refractivity contribution in [3.8, 4) is 0 Å². The van der Waals surface area contributed by atoms with Gasteiger partial charge in [-0.2, -0.15) is 0 Å². The summed E-state index contributed by atoms with van der Waals surface area (Å²) in [5.74, 6) is -0.140. The molecule has 1 atom stereocenters. The average molecular weight is 422 g/mol. The lowest BCUT2D eigenvalue weighted by Crippen LogP contribution is -2.35. The van der Waals surface area contributed by atoms with Crippen LogP contribution in [0.1, 0.15) is 42.9 Å². The molecule has 4 rings (SSSR count). The Morgan fingerprint density at radius 2 is 1.90 bits per heavy atom. The van der Waals surface area contributed by atoms with E-state index in [-0.39, 0.29) is 24.3 Å². The topological polar surface area (TPSA) is 61.8 Å². The summed E-state index contributed by atoms with van der Waals surface area (Å²) in [6.07, 6.45) is 3.13. The number of nitrogens with zero attached hydrogens (tertiary/aromatic N) is 2. The van der Waals surface area contributed by atoms with Crippen molar-refractivity contribution in [2.24, 2.45) is 4.99 Å². The molecule has 1 aliphatic carbocycles. The van der Waals surface area contributed by atoms with Gasteiger partial charge >= 0.3 is 0 Å². The molecule has 30 heavy (non-hydrogen) atoms. The van der Waals surface area contributed by atoms with Gasteiger partial charge in [0.1, 0.15) is 5.25 Å². The quantitative estimate of drug-likeness (QED) is 0.715. The van der Waals surface area contributed by atoms with Crippen LogP contribution in [0.3, 0.4) is 0 Å². The number of aryl methyl sites for hydroxylation is 3. The highest BCUT2D eigenvalue weighted by Crippen LogP contribution is 2.39. The van der Waals surface area contributed by atoms with Crippen LogP contribution in [0.4, 0.5) is 11.4 Å². The minimum absolute atomic E-state index is 0.00204. The zero-order chi connectivity index (χ0) is 21.3. The molecule has 6 heteroatoms. The molecule has 0 unspecified atom stereocenters. The van der Waals surface area contributed by atoms with Crippen LogP contribution in [-0.4, -0.2) is 33.2 Å². The molecular weight excluding hydrogens is 394 g/mol. The second kappa shape index (κ2) is 8.64. The molecule has 1 N–H and O–H groups in total. The number of hydrogen-bond donors (Lipinski definition) is 1. The second-order valence-corrected chi connectivity index (χ2v) is 9.20. The van der Waals surface area contributed by atoms with Gasteiger partial charge in [0.15, 0.2) is 5.17 Å². The fourth-order valence-corrected chi connectivity index (χ4v) is 4.82. The smallest absolute Gasteiger partial charge is 0.242 e. The highest BCUT2D eigenvalue weighted by Gasteiger charge is 2.46. The maximum absolute atomic E-state index is 13.0. The number of benzene rings is 2. The molecule has 2 fully saturated rings. The second-order valence-electron chi connectivity index (χ2n) is 8.03. The summed E-state index contributed by atoms with van der Waals surface area (Å²) in [4.78, 5) is 32.2. The van der Waals surface area contributed by atoms with E-state index in [1.54, 1.807) is 0 Å². The van der Waals surface area contributed by atoms with Crippen LogP contribution in [0.5, 0.6) is 0 Å². The predicted molar refractivity (Wildman–Crippen MR) is 123 cm³/mol. The van der Waals surface area contributed by atoms with E-state index < -0.39 is 5.25 Å². The lowest BCUT2D eigenvalue weighted by atomic mass is 10.1. The lowest BCUT2D eigenvalue weighted by molar-refractivity contribution is -0.128. The van der Waals surface area contributed by atoms with E-state index in [4.69, 9.17) is 4.99 Å². The molecule has 5 nitrogen and oxygen atoms in total. The first-order valence-electron chi connectivity index (χ1n) is 10.5. The van der Waals surface area contributed by atoms with Gasteiger partial charge in [-0.3, -0.25) is 14.5 Å². The molecule has 2 aromatic carbocycles. The molecule has 156 valence electrons. The molecule has 2 aliphatic rings. The molecule has 0 bridgehead atoms. The fourth-order valence-electron chi connectivity index (χ4n) is 3.60. The van der Waals surface area contributed by atoms with Crippen molar-refractivity contribution in [3.05, 3.63) is 59.2 Å². The number of amides is 2. The summed E-state index contributed by atoms with van der Waals surface area (Å²) >= 11 is 1.41. The summed E-state index contributed by atoms with van der Waals surface area (Å²) in [5.41, 5.74) is 5.07. The molecular formula is C24H27N3O2S. The lowest BCUT2D eigenvalue weighted by Gasteiger charge is -2.15. The first-order valence-corrected chi connectivity index (χ1v) is 11.4. The van der Waals surface area contributed by atoms with E-state index in [0.717, 1.165) is 46.9 Å². The maximum Gasteiger partial charge on any atom is 0.242 e. The molecule has 1 aliphatic heterocycles. The van der Waals surface area contributed by atoms with Gasteiger partial charge in [0.2, 0.25) is 11.8 Å². The van der Waals surface area contributed by atoms with Crippen molar-refractivity contribution in [2.75, 3.05) is 5.32 Å². The Bertz CT molecular complexity index is 996. The largest absolute Gasteiger partial charge is 0.326 e. The number of carbonyl (C=O) groups excluding carboxylic acids is 2. The molecule has 0 spiro atoms. The van der Waals surface area contributed by atoms with Gasteiger partial charge < -0.3 is 5.32 Å². The number of carbonyl (C=O) groups is 2. The first-order chi connectivity index (χ1) is 14.4. The van der Waals surface area contributed by atoms with Crippen molar-refractivity contribution >= 4 is 40.1 Å². The van der Waals surface area contributed by atoms with E-state index >= 15 is 0 Å². The number of thioether (sulfide) groups is 1. The third-order valence-corrected chi connectivity index (χ3v) is 6.63. The van der Waals surface area contributed by atoms with Crippen molar-refractivity contribution in [1.82, 2.24) is 4.90 Å². The fraction of sp³-hybridized carbons (Fsp3) is 0.375. The Kier molecular flexibility index (Phi) is 5.95. The van der Waals surface area contributed by atoms with Crippen molar-refractivity contribution in [2.45, 2.75) is 57.7 Å². The van der Waals surface area contributed by atoms with Gasteiger partial charge in [0.05, 0.1) is 5.69 Å². The molecule has 2 amide bonds. The summed E-state index contributed by atoms with van der Waals surface area (Å²) in [6.45, 7) is 6.12. The van der Waals surface area contributed by atoms with E-state index in [2.05, 4.69) is 24.4 Å². The number of hydrogen-bond acceptors (Lipinski definition) is 4. The Morgan fingerprint density at radius 3 is 2.53 bits per heavy atom. The average Bonchev–Trinajstić information content (AvgIpc) is 3.50. The monoisotopic (exact) mass is 421 g/mol. The van der Waals surface area contributed by atoms with Crippen LogP contribution in [0.2, 0.25) is 0 Å². The minimum Gasteiger partial charge on any atom is -0.326 e. The molecule has 1 heterocycles. The van der Waals surface area contributed by atoms with Crippen molar-refractivity contribution < 1.29 is 9.59 Å². The van der Waals surface area contributed by atoms with E-state index in [9.17, 15) is 9.59 Å². The standard InChI is InChI=1S/C24H27N3O2S/c1-4-17-6-8-18(9-7-17)25-24-27(19-10-11-19)23(29)21(30-24)14-22(28)26-20-12-5-15(2)13-16(20)3/h5-9,12-13,19,21H,4,10-11,14H2,1-3H3,(H,26,28)/t21-/m0/s1. The molecule has 1 saturated carbocycles. The molecule has 0 radical (unpaired) electrons. The number of anilines is 1. The van der Waals surface area contributed by atoms with Gasteiger partial charge in [0.25, 0.3) is 0 Å². The summed E-state index contributed by atoms with van der Waals surface area (Å²) in [6, 6.07) is 14.3. The first kappa shape index (κ1) is 20.7. The predicted octanol–water partition coefficient (Wildman–Crippen LogP) is 4.99. The van der Waals surface area contributed by atoms with Gasteiger partial charge in [-0.15, -0.1) is 0 Å². The molecule has 2 aromatic rings. The van der Waals surface area contributed by atoms with Crippen molar-refractivity contribution in [1.29, 1.82) is 0 Å². The Morgan fingerprint density at radius 1 is 1.17 bits per heavy atom. The minimum atomic E-state index is -0.426. The third-order valence-electron chi connectivity index (χ3n) is 5.47. The van der Waals surface area contributed by atoms with E-state index in [1.807, 2.05) is 49.1 Å². The Balaban J connectivity index is 1.48. The van der Waals surface area contributed by atoms with E-state index in [1.165, 1.54) is 17.3 Å². The summed E-state index contributed by atoms with van der Waals surface area (Å²) < 4.78 is 0. The Labute approximate surface area is 182 Å². The van der Waals surface area contributed by atoms with Crippen LogP contribution in [-0.2, 0) is 16.0 Å². The zero-order valence-electron chi connectivity index (χ0n) is 17.6. The van der Waals surface area contributed by atoms with Crippen molar-refractivity contribution in [3.63, 3.8) is 0 Å². The normalized spacial score (nSPS) is 20.1. The van der Waals surface area contributed by atoms with Crippen LogP contribution < -0.4 is 5.32 Å². The van der Waals surface area contributed by atoms with E-state index in [0.29, 0.717) is 0 Å². The number of nitrogens with one attached hydrogen (secondary N) is 1. The van der Waals surface area contributed by atoms with Gasteiger partial charge in [-0.25, -0.2) is 4.99 Å². The Hall–Kier alpha value is -2.60. The highest BCUT2D eigenvalue weighted by atomic mass is 32.2. The zero-order valence-corrected chi connectivity index (χ0v) is 18.5. The number of amidine groups is 1. The van der Waals surface area contributed by atoms with Gasteiger partial charge in [-0.1, -0.05) is 48.5 Å². The van der Waals surface area contributed by atoms with Gasteiger partial charge in [-0.05, 0) is 62.4 Å². The van der Waals surface area contributed by atoms with Crippen LogP contribution in [0, 0.1) is 13.8 Å². The molecule has 1 saturated heterocycles. The third kappa shape index (κ3) is 4.59. The van der Waals surface area contributed by atoms with Crippen LogP contribution >= 0.6 is 11.8 Å². The highest BCUT2D eigenvalue weighted by molar-refractivity contribution is 8.15. The summed E-state index contributed by atoms with van der Waals surface area (Å²) in [5, 5.41) is 3.25. The summed E-state index contributed by atoms with van der Waals surface area (Å²) in [7, 11) is 0. The number of rotatable bonds is 6. The van der Waals surface area contributed by atoms with Crippen LogP contribution in [0.25, 0.3) is 0 Å². The SMILES string of the molecule is CCc1ccc(N=C2S[C@@H](CC(=O)Nc3ccc(C)cc3C)C(=O)N2C2CC2)cc1. The maximum atomic E-state index is 13.0. The number of aliphatic imine (C=N–C) groups is 1. The van der Waals surface area contributed by atoms with Gasteiger partial charge in [0, 0.05) is 18.2 Å².